The van der Waals surface area contributed by atoms with Crippen LogP contribution in [0.1, 0.15) is 16.7 Å². The van der Waals surface area contributed by atoms with Gasteiger partial charge in [0, 0.05) is 38.9 Å². The molecule has 42 heavy (non-hydrogen) atoms. The van der Waals surface area contributed by atoms with Gasteiger partial charge in [0.25, 0.3) is 11.5 Å². The molecule has 2 saturated heterocycles. The molecule has 9 nitrogen and oxygen atoms in total. The van der Waals surface area contributed by atoms with E-state index in [2.05, 4.69) is 15.9 Å². The maximum absolute atomic E-state index is 13.8. The van der Waals surface area contributed by atoms with Crippen LogP contribution in [0.3, 0.4) is 0 Å². The zero-order valence-electron chi connectivity index (χ0n) is 22.6. The fourth-order valence-corrected chi connectivity index (χ4v) is 6.64. The van der Waals surface area contributed by atoms with Crippen molar-refractivity contribution in [1.82, 2.24) is 19.2 Å². The number of hydrogen-bond acceptors (Lipinski definition) is 9. The number of aromatic nitrogens is 2. The highest BCUT2D eigenvalue weighted by Crippen LogP contribution is 2.35. The Labute approximate surface area is 252 Å². The minimum absolute atomic E-state index is 0.203. The highest BCUT2D eigenvalue weighted by atomic mass is 32.2. The third kappa shape index (κ3) is 5.15. The molecule has 2 aromatic carbocycles. The molecule has 0 radical (unpaired) electrons. The van der Waals surface area contributed by atoms with Gasteiger partial charge in [0.1, 0.15) is 15.8 Å². The molecule has 1 amide bonds. The van der Waals surface area contributed by atoms with E-state index in [1.165, 1.54) is 16.2 Å². The molecule has 3 aliphatic heterocycles. The van der Waals surface area contributed by atoms with Crippen LogP contribution < -0.4 is 19.9 Å². The number of carbonyl (C=O) groups is 1. The van der Waals surface area contributed by atoms with Crippen LogP contribution in [0, 0.1) is 0 Å². The lowest BCUT2D eigenvalue weighted by molar-refractivity contribution is -0.122. The summed E-state index contributed by atoms with van der Waals surface area (Å²) in [5.41, 5.74) is 2.89. The molecule has 7 rings (SSSR count). The minimum Gasteiger partial charge on any atom is -0.454 e. The largest absolute Gasteiger partial charge is 0.454 e. The molecule has 3 aliphatic rings. The molecule has 5 heterocycles. The first-order valence-electron chi connectivity index (χ1n) is 13.7. The van der Waals surface area contributed by atoms with E-state index in [9.17, 15) is 9.59 Å². The monoisotopic (exact) mass is 597 g/mol. The van der Waals surface area contributed by atoms with Crippen molar-refractivity contribution in [2.45, 2.75) is 13.1 Å². The van der Waals surface area contributed by atoms with Gasteiger partial charge in [0.15, 0.2) is 11.5 Å². The standard InChI is InChI=1S/C31H27N5O4S2/c37-29-23(17-26-30(38)36(31(41)42-26)19-21-6-2-1-3-7-21)28(32-27-8-4-5-11-35(27)29)34-14-12-33(13-15-34)18-22-9-10-24-25(16-22)40-20-39-24/h1-11,16-17H,12-15,18-20H2. The van der Waals surface area contributed by atoms with E-state index in [-0.39, 0.29) is 18.3 Å². The Bertz CT molecular complexity index is 1780. The van der Waals surface area contributed by atoms with Crippen LogP contribution >= 0.6 is 24.0 Å². The summed E-state index contributed by atoms with van der Waals surface area (Å²) in [4.78, 5) is 38.7. The summed E-state index contributed by atoms with van der Waals surface area (Å²) in [7, 11) is 0. The van der Waals surface area contributed by atoms with Crippen molar-refractivity contribution in [3.63, 3.8) is 0 Å². The summed E-state index contributed by atoms with van der Waals surface area (Å²) in [6.07, 6.45) is 3.38. The summed E-state index contributed by atoms with van der Waals surface area (Å²) < 4.78 is 13.0. The number of benzene rings is 2. The first kappa shape index (κ1) is 26.7. The van der Waals surface area contributed by atoms with Crippen LogP contribution in [0.4, 0.5) is 5.82 Å². The van der Waals surface area contributed by atoms with Crippen molar-refractivity contribution in [2.24, 2.45) is 0 Å². The Balaban J connectivity index is 1.15. The molecule has 2 fully saturated rings. The van der Waals surface area contributed by atoms with Gasteiger partial charge in [-0.3, -0.25) is 23.8 Å². The number of anilines is 1. The number of fused-ring (bicyclic) bond motifs is 2. The smallest absolute Gasteiger partial charge is 0.267 e. The van der Waals surface area contributed by atoms with Gasteiger partial charge in [-0.1, -0.05) is 66.4 Å². The molecular weight excluding hydrogens is 571 g/mol. The van der Waals surface area contributed by atoms with Crippen molar-refractivity contribution in [3.05, 3.63) is 105 Å². The van der Waals surface area contributed by atoms with E-state index in [1.54, 1.807) is 23.2 Å². The molecule has 0 spiro atoms. The third-order valence-electron chi connectivity index (χ3n) is 7.60. The number of pyridine rings is 1. The van der Waals surface area contributed by atoms with Crippen LogP contribution in [0.5, 0.6) is 11.5 Å². The summed E-state index contributed by atoms with van der Waals surface area (Å²) in [5.74, 6) is 1.95. The Kier molecular flexibility index (Phi) is 7.14. The van der Waals surface area contributed by atoms with E-state index >= 15 is 0 Å². The van der Waals surface area contributed by atoms with Gasteiger partial charge in [0.2, 0.25) is 6.79 Å². The summed E-state index contributed by atoms with van der Waals surface area (Å²) in [6.45, 7) is 4.40. The van der Waals surface area contributed by atoms with Crippen molar-refractivity contribution in [2.75, 3.05) is 37.9 Å². The molecule has 0 aliphatic carbocycles. The molecule has 0 N–H and O–H groups in total. The Morgan fingerprint density at radius 1 is 0.881 bits per heavy atom. The third-order valence-corrected chi connectivity index (χ3v) is 8.97. The summed E-state index contributed by atoms with van der Waals surface area (Å²) in [6, 6.07) is 21.3. The Morgan fingerprint density at radius 2 is 1.67 bits per heavy atom. The number of carbonyl (C=O) groups excluding carboxylic acids is 1. The number of nitrogens with zero attached hydrogens (tertiary/aromatic N) is 5. The average Bonchev–Trinajstić information content (AvgIpc) is 3.59. The van der Waals surface area contributed by atoms with Crippen molar-refractivity contribution in [1.29, 1.82) is 0 Å². The second-order valence-corrected chi connectivity index (χ2v) is 12.0. The number of piperazine rings is 1. The number of rotatable bonds is 6. The maximum Gasteiger partial charge on any atom is 0.267 e. The molecule has 0 bridgehead atoms. The lowest BCUT2D eigenvalue weighted by atomic mass is 10.1. The zero-order valence-corrected chi connectivity index (χ0v) is 24.3. The second-order valence-electron chi connectivity index (χ2n) is 10.3. The maximum atomic E-state index is 13.8. The van der Waals surface area contributed by atoms with Crippen LogP contribution in [0.15, 0.2) is 82.6 Å². The SMILES string of the molecule is O=C1C(=Cc2c(N3CCN(Cc4ccc5c(c4)OCO5)CC3)nc3ccccn3c2=O)SC(=S)N1Cc1ccccc1. The van der Waals surface area contributed by atoms with Crippen molar-refractivity contribution >= 4 is 51.7 Å². The Morgan fingerprint density at radius 3 is 2.50 bits per heavy atom. The minimum atomic E-state index is -0.216. The van der Waals surface area contributed by atoms with Crippen molar-refractivity contribution in [3.8, 4) is 11.5 Å². The van der Waals surface area contributed by atoms with Crippen LogP contribution in [0.25, 0.3) is 11.7 Å². The van der Waals surface area contributed by atoms with E-state index in [4.69, 9.17) is 26.7 Å². The van der Waals surface area contributed by atoms with Gasteiger partial charge < -0.3 is 14.4 Å². The fraction of sp³-hybridized carbons (Fsp3) is 0.226. The van der Waals surface area contributed by atoms with E-state index in [0.29, 0.717) is 45.9 Å². The second kappa shape index (κ2) is 11.2. The zero-order chi connectivity index (χ0) is 28.6. The molecule has 4 aromatic rings. The van der Waals surface area contributed by atoms with Crippen LogP contribution in [-0.4, -0.2) is 62.4 Å². The molecule has 2 aromatic heterocycles. The lowest BCUT2D eigenvalue weighted by Crippen LogP contribution is -2.47. The van der Waals surface area contributed by atoms with Crippen molar-refractivity contribution < 1.29 is 14.3 Å². The number of thiocarbonyl (C=S) groups is 1. The molecule has 11 heteroatoms. The van der Waals surface area contributed by atoms with Gasteiger partial charge in [-0.15, -0.1) is 0 Å². The molecule has 0 unspecified atom stereocenters. The van der Waals surface area contributed by atoms with Crippen LogP contribution in [0.2, 0.25) is 0 Å². The van der Waals surface area contributed by atoms with Gasteiger partial charge >= 0.3 is 0 Å². The lowest BCUT2D eigenvalue weighted by Gasteiger charge is -2.36. The predicted molar refractivity (Wildman–Crippen MR) is 167 cm³/mol. The summed E-state index contributed by atoms with van der Waals surface area (Å²) in [5, 5.41) is 0. The average molecular weight is 598 g/mol. The van der Waals surface area contributed by atoms with Gasteiger partial charge in [-0.2, -0.15) is 0 Å². The first-order valence-corrected chi connectivity index (χ1v) is 14.9. The fourth-order valence-electron chi connectivity index (χ4n) is 5.41. The normalized spacial score (nSPS) is 18.0. The highest BCUT2D eigenvalue weighted by molar-refractivity contribution is 8.26. The molecule has 212 valence electrons. The topological polar surface area (TPSA) is 79.6 Å². The number of thioether (sulfide) groups is 1. The molecule has 0 saturated carbocycles. The number of ether oxygens (including phenoxy) is 2. The molecular formula is C31H27N5O4S2. The van der Waals surface area contributed by atoms with Gasteiger partial charge in [0.05, 0.1) is 17.0 Å². The quantitative estimate of drug-likeness (QED) is 0.241. The highest BCUT2D eigenvalue weighted by Gasteiger charge is 2.33. The first-order chi connectivity index (χ1) is 20.5. The predicted octanol–water partition coefficient (Wildman–Crippen LogP) is 4.15. The number of hydrogen-bond donors (Lipinski definition) is 0. The van der Waals surface area contributed by atoms with E-state index in [1.807, 2.05) is 54.6 Å². The number of amides is 1. The Hall–Kier alpha value is -4.19. The van der Waals surface area contributed by atoms with Gasteiger partial charge in [-0.25, -0.2) is 4.98 Å². The molecule has 0 atom stereocenters. The van der Waals surface area contributed by atoms with Gasteiger partial charge in [-0.05, 0) is 41.5 Å². The van der Waals surface area contributed by atoms with Crippen LogP contribution in [-0.2, 0) is 17.9 Å². The van der Waals surface area contributed by atoms with E-state index < -0.39 is 0 Å². The summed E-state index contributed by atoms with van der Waals surface area (Å²) >= 11 is 6.79. The van der Waals surface area contributed by atoms with E-state index in [0.717, 1.165) is 42.3 Å².